The van der Waals surface area contributed by atoms with Gasteiger partial charge in [-0.05, 0) is 52.7 Å². The zero-order valence-electron chi connectivity index (χ0n) is 14.9. The lowest BCUT2D eigenvalue weighted by Crippen LogP contribution is -2.31. The van der Waals surface area contributed by atoms with E-state index in [-0.39, 0.29) is 5.57 Å². The minimum Gasteiger partial charge on any atom is -0.503 e. The van der Waals surface area contributed by atoms with Crippen molar-refractivity contribution < 1.29 is 24.2 Å². The van der Waals surface area contributed by atoms with E-state index in [1.54, 1.807) is 30.3 Å². The summed E-state index contributed by atoms with van der Waals surface area (Å²) in [6.45, 7) is 1.31. The number of amides is 1. The van der Waals surface area contributed by atoms with E-state index in [0.29, 0.717) is 22.9 Å². The summed E-state index contributed by atoms with van der Waals surface area (Å²) in [7, 11) is 3.01. The molecular weight excluding hydrogens is 416 g/mol. The number of halogens is 1. The SMILES string of the molecule is COc1ccc([C@@H]2C(C(C)=O)=C(O)C(=O)N2c2ccc(Br)cn2)cc1OC. The molecule has 1 N–H and O–H groups in total. The van der Waals surface area contributed by atoms with Crippen LogP contribution in [0.3, 0.4) is 0 Å². The Bertz CT molecular complexity index is 940. The number of anilines is 1. The number of hydrogen-bond donors (Lipinski definition) is 1. The monoisotopic (exact) mass is 432 g/mol. The highest BCUT2D eigenvalue weighted by Gasteiger charge is 2.44. The van der Waals surface area contributed by atoms with Crippen LogP contribution in [0.5, 0.6) is 11.5 Å². The van der Waals surface area contributed by atoms with Crippen LogP contribution in [0.25, 0.3) is 0 Å². The van der Waals surface area contributed by atoms with Gasteiger partial charge in [0.2, 0.25) is 0 Å². The second-order valence-corrected chi connectivity index (χ2v) is 6.76. The second-order valence-electron chi connectivity index (χ2n) is 5.85. The molecule has 1 amide bonds. The van der Waals surface area contributed by atoms with Crippen LogP contribution in [0, 0.1) is 0 Å². The molecule has 0 fully saturated rings. The first-order chi connectivity index (χ1) is 12.9. The third-order valence-corrected chi connectivity index (χ3v) is 4.74. The van der Waals surface area contributed by atoms with Crippen LogP contribution in [0.2, 0.25) is 0 Å². The summed E-state index contributed by atoms with van der Waals surface area (Å²) in [6, 6.07) is 7.59. The Labute approximate surface area is 164 Å². The van der Waals surface area contributed by atoms with Crippen LogP contribution in [0.1, 0.15) is 18.5 Å². The molecule has 1 aromatic carbocycles. The summed E-state index contributed by atoms with van der Waals surface area (Å²) in [5, 5.41) is 10.3. The Morgan fingerprint density at radius 1 is 1.19 bits per heavy atom. The van der Waals surface area contributed by atoms with Gasteiger partial charge in [-0.3, -0.25) is 14.5 Å². The predicted molar refractivity (Wildman–Crippen MR) is 102 cm³/mol. The van der Waals surface area contributed by atoms with E-state index < -0.39 is 23.5 Å². The molecule has 3 rings (SSSR count). The Morgan fingerprint density at radius 3 is 2.44 bits per heavy atom. The van der Waals surface area contributed by atoms with Crippen molar-refractivity contribution in [3.05, 3.63) is 57.9 Å². The smallest absolute Gasteiger partial charge is 0.295 e. The van der Waals surface area contributed by atoms with Gasteiger partial charge in [-0.15, -0.1) is 0 Å². The van der Waals surface area contributed by atoms with Crippen molar-refractivity contribution in [1.29, 1.82) is 0 Å². The number of ether oxygens (including phenoxy) is 2. The summed E-state index contributed by atoms with van der Waals surface area (Å²) in [5.41, 5.74) is 0.594. The average Bonchev–Trinajstić information content (AvgIpc) is 2.93. The molecule has 1 aliphatic heterocycles. The van der Waals surface area contributed by atoms with E-state index in [9.17, 15) is 14.7 Å². The number of pyridine rings is 1. The van der Waals surface area contributed by atoms with Crippen molar-refractivity contribution >= 4 is 33.4 Å². The fraction of sp³-hybridized carbons (Fsp3) is 0.211. The van der Waals surface area contributed by atoms with Gasteiger partial charge in [0.1, 0.15) is 5.82 Å². The van der Waals surface area contributed by atoms with Crippen molar-refractivity contribution in [2.24, 2.45) is 0 Å². The third-order valence-electron chi connectivity index (χ3n) is 4.27. The van der Waals surface area contributed by atoms with E-state index in [4.69, 9.17) is 9.47 Å². The van der Waals surface area contributed by atoms with E-state index in [2.05, 4.69) is 20.9 Å². The van der Waals surface area contributed by atoms with Gasteiger partial charge in [0.05, 0.1) is 25.8 Å². The number of carbonyl (C=O) groups excluding carboxylic acids is 2. The van der Waals surface area contributed by atoms with E-state index in [0.717, 1.165) is 4.47 Å². The Kier molecular flexibility index (Phi) is 5.18. The van der Waals surface area contributed by atoms with Crippen molar-refractivity contribution in [3.63, 3.8) is 0 Å². The lowest BCUT2D eigenvalue weighted by atomic mass is 9.96. The van der Waals surface area contributed by atoms with Crippen molar-refractivity contribution in [3.8, 4) is 11.5 Å². The molecule has 8 heteroatoms. The maximum Gasteiger partial charge on any atom is 0.295 e. The molecule has 7 nitrogen and oxygen atoms in total. The number of carbonyl (C=O) groups is 2. The van der Waals surface area contributed by atoms with Crippen LogP contribution < -0.4 is 14.4 Å². The number of aromatic nitrogens is 1. The number of Topliss-reactive ketones (excluding diaryl/α,β-unsaturated/α-hetero) is 1. The first kappa shape index (κ1) is 18.9. The number of methoxy groups -OCH3 is 2. The summed E-state index contributed by atoms with van der Waals surface area (Å²) in [6.07, 6.45) is 1.54. The molecule has 0 unspecified atom stereocenters. The minimum absolute atomic E-state index is 0.0111. The van der Waals surface area contributed by atoms with E-state index >= 15 is 0 Å². The average molecular weight is 433 g/mol. The van der Waals surface area contributed by atoms with Crippen LogP contribution in [-0.2, 0) is 9.59 Å². The summed E-state index contributed by atoms with van der Waals surface area (Å²) < 4.78 is 11.3. The lowest BCUT2D eigenvalue weighted by Gasteiger charge is -2.26. The predicted octanol–water partition coefficient (Wildman–Crippen LogP) is 3.35. The van der Waals surface area contributed by atoms with Gasteiger partial charge in [-0.25, -0.2) is 4.98 Å². The molecule has 140 valence electrons. The molecule has 0 bridgehead atoms. The zero-order valence-corrected chi connectivity index (χ0v) is 16.5. The number of benzene rings is 1. The van der Waals surface area contributed by atoms with Gasteiger partial charge < -0.3 is 14.6 Å². The quantitative estimate of drug-likeness (QED) is 0.778. The topological polar surface area (TPSA) is 89.0 Å². The van der Waals surface area contributed by atoms with Gasteiger partial charge in [0.25, 0.3) is 5.91 Å². The fourth-order valence-corrected chi connectivity index (χ4v) is 3.28. The van der Waals surface area contributed by atoms with Gasteiger partial charge >= 0.3 is 0 Å². The van der Waals surface area contributed by atoms with Crippen molar-refractivity contribution in [1.82, 2.24) is 4.98 Å². The Balaban J connectivity index is 2.18. The van der Waals surface area contributed by atoms with Crippen molar-refractivity contribution in [2.45, 2.75) is 13.0 Å². The van der Waals surface area contributed by atoms with Crippen LogP contribution in [0.15, 0.2) is 52.3 Å². The molecule has 0 saturated heterocycles. The highest BCUT2D eigenvalue weighted by molar-refractivity contribution is 9.10. The summed E-state index contributed by atoms with van der Waals surface area (Å²) in [4.78, 5) is 30.5. The summed E-state index contributed by atoms with van der Waals surface area (Å²) in [5.74, 6) is -0.398. The lowest BCUT2D eigenvalue weighted by molar-refractivity contribution is -0.117. The first-order valence-corrected chi connectivity index (χ1v) is 8.79. The number of aliphatic hydroxyl groups is 1. The maximum absolute atomic E-state index is 12.7. The van der Waals surface area contributed by atoms with Gasteiger partial charge in [0, 0.05) is 10.7 Å². The second kappa shape index (κ2) is 7.40. The molecule has 0 aliphatic carbocycles. The minimum atomic E-state index is -0.830. The van der Waals surface area contributed by atoms with Gasteiger partial charge in [0.15, 0.2) is 23.0 Å². The number of aliphatic hydroxyl groups excluding tert-OH is 1. The fourth-order valence-electron chi connectivity index (χ4n) is 3.05. The van der Waals surface area contributed by atoms with E-state index in [1.165, 1.54) is 32.2 Å². The molecule has 1 aromatic heterocycles. The maximum atomic E-state index is 12.7. The number of nitrogens with zero attached hydrogens (tertiary/aromatic N) is 2. The largest absolute Gasteiger partial charge is 0.503 e. The molecule has 0 saturated carbocycles. The molecule has 1 atom stereocenters. The van der Waals surface area contributed by atoms with Gasteiger partial charge in [-0.2, -0.15) is 0 Å². The van der Waals surface area contributed by atoms with Crippen molar-refractivity contribution in [2.75, 3.05) is 19.1 Å². The summed E-state index contributed by atoms with van der Waals surface area (Å²) >= 11 is 3.30. The molecular formula is C19H17BrN2O5. The third kappa shape index (κ3) is 3.28. The molecule has 1 aliphatic rings. The van der Waals surface area contributed by atoms with Crippen LogP contribution in [0.4, 0.5) is 5.82 Å². The standard InChI is InChI=1S/C19H17BrN2O5/c1-10(23)16-17(11-4-6-13(26-2)14(8-11)27-3)22(19(25)18(16)24)15-7-5-12(20)9-21-15/h4-9,17,24H,1-3H3/t17-/m1/s1. The molecule has 2 heterocycles. The Hall–Kier alpha value is -2.87. The number of rotatable bonds is 5. The Morgan fingerprint density at radius 2 is 1.89 bits per heavy atom. The van der Waals surface area contributed by atoms with Crippen LogP contribution in [-0.4, -0.2) is 36.0 Å². The number of hydrogen-bond acceptors (Lipinski definition) is 6. The molecule has 27 heavy (non-hydrogen) atoms. The van der Waals surface area contributed by atoms with Crippen LogP contribution >= 0.6 is 15.9 Å². The highest BCUT2D eigenvalue weighted by atomic mass is 79.9. The van der Waals surface area contributed by atoms with Gasteiger partial charge in [-0.1, -0.05) is 6.07 Å². The zero-order chi connectivity index (χ0) is 19.7. The normalized spacial score (nSPS) is 16.7. The highest BCUT2D eigenvalue weighted by Crippen LogP contribution is 2.42. The molecule has 2 aromatic rings. The van der Waals surface area contributed by atoms with E-state index in [1.807, 2.05) is 0 Å². The first-order valence-electron chi connectivity index (χ1n) is 8.00. The molecule has 0 spiro atoms. The molecule has 0 radical (unpaired) electrons. The number of ketones is 1.